The van der Waals surface area contributed by atoms with Gasteiger partial charge in [-0.3, -0.25) is 4.79 Å². The molecule has 2 heterocycles. The molecule has 19 heavy (non-hydrogen) atoms. The number of carboxylic acids is 1. The number of urea groups is 1. The largest absolute Gasteiger partial charge is 0.480 e. The van der Waals surface area contributed by atoms with Crippen molar-refractivity contribution < 1.29 is 19.5 Å². The minimum absolute atomic E-state index is 0.0904. The number of nitrogens with one attached hydrogen (secondary N) is 2. The lowest BCUT2D eigenvalue weighted by Crippen LogP contribution is -2.55. The topological polar surface area (TPSA) is 98.7 Å². The SMILES string of the molecule is CC1CCN(C(=O)NC2CNC(=O)C2)C(C(=O)O)C1. The molecule has 0 saturated carbocycles. The fourth-order valence-corrected chi connectivity index (χ4v) is 2.58. The lowest BCUT2D eigenvalue weighted by Gasteiger charge is -2.36. The Morgan fingerprint density at radius 1 is 1.47 bits per heavy atom. The van der Waals surface area contributed by atoms with Gasteiger partial charge in [-0.15, -0.1) is 0 Å². The molecule has 2 rings (SSSR count). The number of hydrogen-bond donors (Lipinski definition) is 3. The zero-order chi connectivity index (χ0) is 14.0. The quantitative estimate of drug-likeness (QED) is 0.645. The predicted octanol–water partition coefficient (Wildman–Crippen LogP) is -0.230. The van der Waals surface area contributed by atoms with Crippen LogP contribution in [0.5, 0.6) is 0 Å². The van der Waals surface area contributed by atoms with E-state index in [2.05, 4.69) is 10.6 Å². The molecule has 0 radical (unpaired) electrons. The molecule has 0 aromatic rings. The minimum Gasteiger partial charge on any atom is -0.480 e. The summed E-state index contributed by atoms with van der Waals surface area (Å²) in [6.45, 7) is 2.84. The van der Waals surface area contributed by atoms with Gasteiger partial charge in [0.15, 0.2) is 0 Å². The number of rotatable bonds is 2. The van der Waals surface area contributed by atoms with E-state index in [-0.39, 0.29) is 24.4 Å². The highest BCUT2D eigenvalue weighted by Gasteiger charge is 2.36. The van der Waals surface area contributed by atoms with Crippen LogP contribution in [-0.2, 0) is 9.59 Å². The zero-order valence-electron chi connectivity index (χ0n) is 10.9. The first kappa shape index (κ1) is 13.6. The van der Waals surface area contributed by atoms with Crippen LogP contribution in [0.4, 0.5) is 4.79 Å². The molecule has 2 fully saturated rings. The predicted molar refractivity (Wildman–Crippen MR) is 66.5 cm³/mol. The van der Waals surface area contributed by atoms with Gasteiger partial charge in [0.2, 0.25) is 5.91 Å². The Morgan fingerprint density at radius 3 is 2.79 bits per heavy atom. The van der Waals surface area contributed by atoms with Gasteiger partial charge in [-0.25, -0.2) is 9.59 Å². The number of nitrogens with zero attached hydrogens (tertiary/aromatic N) is 1. The zero-order valence-corrected chi connectivity index (χ0v) is 10.9. The first-order valence-electron chi connectivity index (χ1n) is 6.54. The molecule has 7 nitrogen and oxygen atoms in total. The van der Waals surface area contributed by atoms with Crippen LogP contribution in [0, 0.1) is 5.92 Å². The first-order chi connectivity index (χ1) is 8.97. The third kappa shape index (κ3) is 3.15. The Balaban J connectivity index is 1.96. The first-order valence-corrected chi connectivity index (χ1v) is 6.54. The molecule has 3 atom stereocenters. The molecule has 0 aromatic carbocycles. The highest BCUT2D eigenvalue weighted by atomic mass is 16.4. The number of piperidine rings is 1. The Kier molecular flexibility index (Phi) is 3.92. The Bertz CT molecular complexity index is 398. The minimum atomic E-state index is -0.970. The van der Waals surface area contributed by atoms with Gasteiger partial charge in [0, 0.05) is 19.5 Å². The molecule has 0 aliphatic carbocycles. The van der Waals surface area contributed by atoms with E-state index >= 15 is 0 Å². The van der Waals surface area contributed by atoms with Crippen molar-refractivity contribution in [1.29, 1.82) is 0 Å². The van der Waals surface area contributed by atoms with Crippen LogP contribution >= 0.6 is 0 Å². The summed E-state index contributed by atoms with van der Waals surface area (Å²) < 4.78 is 0. The summed E-state index contributed by atoms with van der Waals surface area (Å²) in [5.41, 5.74) is 0. The third-order valence-corrected chi connectivity index (χ3v) is 3.72. The lowest BCUT2D eigenvalue weighted by atomic mass is 9.93. The summed E-state index contributed by atoms with van der Waals surface area (Å²) in [4.78, 5) is 35.7. The molecule has 3 amide bonds. The van der Waals surface area contributed by atoms with E-state index in [4.69, 9.17) is 0 Å². The van der Waals surface area contributed by atoms with Crippen LogP contribution < -0.4 is 10.6 Å². The number of amides is 3. The van der Waals surface area contributed by atoms with Crippen LogP contribution in [-0.4, -0.2) is 53.1 Å². The summed E-state index contributed by atoms with van der Waals surface area (Å²) in [5, 5.41) is 14.5. The normalized spacial score (nSPS) is 30.9. The maximum atomic E-state index is 12.1. The van der Waals surface area contributed by atoms with E-state index in [9.17, 15) is 19.5 Å². The fourth-order valence-electron chi connectivity index (χ4n) is 2.58. The van der Waals surface area contributed by atoms with Gasteiger partial charge in [-0.1, -0.05) is 6.92 Å². The second-order valence-corrected chi connectivity index (χ2v) is 5.33. The van der Waals surface area contributed by atoms with Crippen molar-refractivity contribution in [3.8, 4) is 0 Å². The van der Waals surface area contributed by atoms with Gasteiger partial charge >= 0.3 is 12.0 Å². The Labute approximate surface area is 111 Å². The summed E-state index contributed by atoms with van der Waals surface area (Å²) in [6, 6.07) is -1.40. The fraction of sp³-hybridized carbons (Fsp3) is 0.750. The molecule has 3 N–H and O–H groups in total. The summed E-state index contributed by atoms with van der Waals surface area (Å²) in [5.74, 6) is -0.755. The van der Waals surface area contributed by atoms with Gasteiger partial charge in [0.25, 0.3) is 0 Å². The maximum Gasteiger partial charge on any atom is 0.326 e. The smallest absolute Gasteiger partial charge is 0.326 e. The highest BCUT2D eigenvalue weighted by Crippen LogP contribution is 2.22. The van der Waals surface area contributed by atoms with E-state index < -0.39 is 12.0 Å². The van der Waals surface area contributed by atoms with Crippen LogP contribution in [0.2, 0.25) is 0 Å². The van der Waals surface area contributed by atoms with Gasteiger partial charge in [-0.2, -0.15) is 0 Å². The number of likely N-dealkylation sites (tertiary alicyclic amines) is 1. The molecule has 0 spiro atoms. The monoisotopic (exact) mass is 269 g/mol. The second-order valence-electron chi connectivity index (χ2n) is 5.33. The van der Waals surface area contributed by atoms with Crippen molar-refractivity contribution in [2.24, 2.45) is 5.92 Å². The van der Waals surface area contributed by atoms with Crippen molar-refractivity contribution in [1.82, 2.24) is 15.5 Å². The Hall–Kier alpha value is -1.79. The van der Waals surface area contributed by atoms with E-state index in [0.717, 1.165) is 6.42 Å². The van der Waals surface area contributed by atoms with Crippen molar-refractivity contribution in [3.05, 3.63) is 0 Å². The van der Waals surface area contributed by atoms with Gasteiger partial charge < -0.3 is 20.6 Å². The van der Waals surface area contributed by atoms with Crippen LogP contribution in [0.15, 0.2) is 0 Å². The van der Waals surface area contributed by atoms with Crippen molar-refractivity contribution in [2.75, 3.05) is 13.1 Å². The number of carboxylic acid groups (broad SMARTS) is 1. The lowest BCUT2D eigenvalue weighted by molar-refractivity contribution is -0.143. The summed E-state index contributed by atoms with van der Waals surface area (Å²) in [6.07, 6.45) is 1.54. The second kappa shape index (κ2) is 5.46. The molecule has 2 aliphatic rings. The van der Waals surface area contributed by atoms with E-state index in [1.165, 1.54) is 4.90 Å². The molecule has 3 unspecified atom stereocenters. The molecular formula is C12H19N3O4. The van der Waals surface area contributed by atoms with Crippen LogP contribution in [0.3, 0.4) is 0 Å². The number of hydrogen-bond acceptors (Lipinski definition) is 3. The summed E-state index contributed by atoms with van der Waals surface area (Å²) >= 11 is 0. The molecule has 2 aliphatic heterocycles. The van der Waals surface area contributed by atoms with Gasteiger partial charge in [0.05, 0.1) is 6.04 Å². The number of aliphatic carboxylic acids is 1. The molecule has 2 saturated heterocycles. The van der Waals surface area contributed by atoms with E-state index in [0.29, 0.717) is 25.4 Å². The Morgan fingerprint density at radius 2 is 2.21 bits per heavy atom. The number of carbonyl (C=O) groups is 3. The molecule has 106 valence electrons. The molecule has 7 heteroatoms. The van der Waals surface area contributed by atoms with Crippen LogP contribution in [0.1, 0.15) is 26.2 Å². The average molecular weight is 269 g/mol. The molecular weight excluding hydrogens is 250 g/mol. The van der Waals surface area contributed by atoms with E-state index in [1.807, 2.05) is 6.92 Å². The van der Waals surface area contributed by atoms with E-state index in [1.54, 1.807) is 0 Å². The van der Waals surface area contributed by atoms with Crippen molar-refractivity contribution in [3.63, 3.8) is 0 Å². The standard InChI is InChI=1S/C12H19N3O4/c1-7-2-3-15(9(4-7)11(17)18)12(19)14-8-5-10(16)13-6-8/h7-9H,2-6H2,1H3,(H,13,16)(H,14,19)(H,17,18). The maximum absolute atomic E-state index is 12.1. The van der Waals surface area contributed by atoms with Crippen LogP contribution in [0.25, 0.3) is 0 Å². The van der Waals surface area contributed by atoms with Gasteiger partial charge in [0.1, 0.15) is 6.04 Å². The third-order valence-electron chi connectivity index (χ3n) is 3.72. The van der Waals surface area contributed by atoms with Crippen molar-refractivity contribution in [2.45, 2.75) is 38.3 Å². The number of carbonyl (C=O) groups excluding carboxylic acids is 2. The summed E-state index contributed by atoms with van der Waals surface area (Å²) in [7, 11) is 0. The average Bonchev–Trinajstić information content (AvgIpc) is 2.74. The molecule has 0 bridgehead atoms. The highest BCUT2D eigenvalue weighted by molar-refractivity contribution is 5.84. The van der Waals surface area contributed by atoms with Crippen molar-refractivity contribution >= 4 is 17.9 Å². The molecule has 0 aromatic heterocycles. The van der Waals surface area contributed by atoms with Gasteiger partial charge in [-0.05, 0) is 18.8 Å².